The lowest BCUT2D eigenvalue weighted by Gasteiger charge is -2.36. The largest absolute Gasteiger partial charge is 0.379 e. The summed E-state index contributed by atoms with van der Waals surface area (Å²) in [7, 11) is -3.76. The number of ether oxygens (including phenoxy) is 1. The van der Waals surface area contributed by atoms with Gasteiger partial charge in [0.25, 0.3) is 5.56 Å². The van der Waals surface area contributed by atoms with E-state index in [1.165, 1.54) is 39.4 Å². The summed E-state index contributed by atoms with van der Waals surface area (Å²) in [5.41, 5.74) is -1.40. The normalized spacial score (nSPS) is 25.7. The minimum absolute atomic E-state index is 0.00997. The highest BCUT2D eigenvalue weighted by atomic mass is 35.5. The van der Waals surface area contributed by atoms with Crippen LogP contribution in [0.5, 0.6) is 0 Å². The van der Waals surface area contributed by atoms with E-state index in [9.17, 15) is 17.6 Å². The average Bonchev–Trinajstić information content (AvgIpc) is 2.85. The molecule has 12 heteroatoms. The first-order valence-electron chi connectivity index (χ1n) is 11.4. The number of hydrogen-bond donors (Lipinski definition) is 1. The van der Waals surface area contributed by atoms with Crippen LogP contribution in [0.1, 0.15) is 44.2 Å². The van der Waals surface area contributed by atoms with E-state index in [1.54, 1.807) is 6.92 Å². The summed E-state index contributed by atoms with van der Waals surface area (Å²) in [6.07, 6.45) is 3.14. The molecule has 2 aromatic rings. The van der Waals surface area contributed by atoms with Gasteiger partial charge in [-0.3, -0.25) is 4.79 Å². The number of nitrogens with one attached hydrogen (secondary N) is 1. The molecule has 0 amide bonds. The smallest absolute Gasteiger partial charge is 0.287 e. The molecule has 0 spiro atoms. The number of nitriles is 1. The molecular formula is C23H27ClFN5O4S. The van der Waals surface area contributed by atoms with E-state index in [0.29, 0.717) is 37.9 Å². The standard InChI is InChI=1S/C23H27ClFN5O4S/c1-16-11-18(7-9-29(16)35(32,33)19-5-3-17(12-26)4-6-19)30-22(31)21(24)20(13-28-30)27-14-23(25)8-2-10-34-15-23/h3-6,13,16,18,27H,2,7-11,14-15H2,1H3/t16-,18+,23+/m1/s1. The highest BCUT2D eigenvalue weighted by molar-refractivity contribution is 7.89. The highest BCUT2D eigenvalue weighted by Crippen LogP contribution is 2.31. The molecule has 2 aliphatic heterocycles. The van der Waals surface area contributed by atoms with Crippen molar-refractivity contribution < 1.29 is 17.5 Å². The van der Waals surface area contributed by atoms with Crippen molar-refractivity contribution in [2.45, 2.75) is 55.3 Å². The second-order valence-corrected chi connectivity index (χ2v) is 11.3. The van der Waals surface area contributed by atoms with Gasteiger partial charge in [0.15, 0.2) is 5.67 Å². The van der Waals surface area contributed by atoms with Crippen LogP contribution in [0, 0.1) is 11.3 Å². The van der Waals surface area contributed by atoms with Gasteiger partial charge in [0, 0.05) is 19.2 Å². The quantitative estimate of drug-likeness (QED) is 0.618. The maximum absolute atomic E-state index is 14.8. The van der Waals surface area contributed by atoms with Crippen LogP contribution in [-0.4, -0.2) is 60.5 Å². The molecule has 35 heavy (non-hydrogen) atoms. The van der Waals surface area contributed by atoms with Gasteiger partial charge in [-0.1, -0.05) is 11.6 Å². The lowest BCUT2D eigenvalue weighted by atomic mass is 9.99. The van der Waals surface area contributed by atoms with Crippen molar-refractivity contribution >= 4 is 27.3 Å². The molecule has 2 saturated heterocycles. The van der Waals surface area contributed by atoms with E-state index in [1.807, 2.05) is 6.07 Å². The van der Waals surface area contributed by atoms with E-state index in [4.69, 9.17) is 21.6 Å². The van der Waals surface area contributed by atoms with Crippen LogP contribution in [0.25, 0.3) is 0 Å². The molecule has 4 rings (SSSR count). The number of aromatic nitrogens is 2. The molecule has 0 bridgehead atoms. The van der Waals surface area contributed by atoms with E-state index < -0.39 is 27.3 Å². The molecule has 2 fully saturated rings. The molecule has 188 valence electrons. The zero-order valence-electron chi connectivity index (χ0n) is 19.3. The summed E-state index contributed by atoms with van der Waals surface area (Å²) >= 11 is 6.30. The van der Waals surface area contributed by atoms with Gasteiger partial charge in [0.1, 0.15) is 5.02 Å². The van der Waals surface area contributed by atoms with Gasteiger partial charge in [0.05, 0.1) is 47.6 Å². The van der Waals surface area contributed by atoms with Crippen molar-refractivity contribution in [3.63, 3.8) is 0 Å². The second kappa shape index (κ2) is 10.2. The fourth-order valence-electron chi connectivity index (χ4n) is 4.58. The highest BCUT2D eigenvalue weighted by Gasteiger charge is 2.36. The van der Waals surface area contributed by atoms with Gasteiger partial charge >= 0.3 is 0 Å². The van der Waals surface area contributed by atoms with Crippen molar-refractivity contribution in [3.05, 3.63) is 51.4 Å². The number of nitrogens with zero attached hydrogens (tertiary/aromatic N) is 4. The lowest BCUT2D eigenvalue weighted by Crippen LogP contribution is -2.46. The Morgan fingerprint density at radius 3 is 2.74 bits per heavy atom. The van der Waals surface area contributed by atoms with Crippen LogP contribution < -0.4 is 10.9 Å². The Bertz CT molecular complexity index is 1270. The molecule has 0 unspecified atom stereocenters. The van der Waals surface area contributed by atoms with E-state index in [2.05, 4.69) is 10.4 Å². The summed E-state index contributed by atoms with van der Waals surface area (Å²) in [6.45, 7) is 2.47. The van der Waals surface area contributed by atoms with Crippen LogP contribution in [0.3, 0.4) is 0 Å². The molecule has 1 N–H and O–H groups in total. The molecule has 0 saturated carbocycles. The predicted molar refractivity (Wildman–Crippen MR) is 129 cm³/mol. The number of anilines is 1. The summed E-state index contributed by atoms with van der Waals surface area (Å²) in [4.78, 5) is 13.1. The molecule has 0 radical (unpaired) electrons. The Morgan fingerprint density at radius 2 is 2.11 bits per heavy atom. The van der Waals surface area contributed by atoms with Gasteiger partial charge in [-0.25, -0.2) is 17.5 Å². The first-order chi connectivity index (χ1) is 16.6. The molecule has 2 aliphatic rings. The predicted octanol–water partition coefficient (Wildman–Crippen LogP) is 3.11. The first kappa shape index (κ1) is 25.6. The Hall–Kier alpha value is -2.52. The van der Waals surface area contributed by atoms with Gasteiger partial charge in [0.2, 0.25) is 10.0 Å². The molecular weight excluding hydrogens is 497 g/mol. The summed E-state index contributed by atoms with van der Waals surface area (Å²) in [5, 5.41) is 16.0. The second-order valence-electron chi connectivity index (χ2n) is 9.06. The number of rotatable bonds is 6. The van der Waals surface area contributed by atoms with Crippen LogP contribution in [0.2, 0.25) is 5.02 Å². The SMILES string of the molecule is C[C@@H]1C[C@@H](n2ncc(NC[C@@]3(F)CCCOC3)c(Cl)c2=O)CCN1S(=O)(=O)c1ccc(C#N)cc1. The van der Waals surface area contributed by atoms with E-state index in [0.717, 1.165) is 0 Å². The average molecular weight is 524 g/mol. The topological polar surface area (TPSA) is 117 Å². The van der Waals surface area contributed by atoms with E-state index >= 15 is 0 Å². The maximum Gasteiger partial charge on any atom is 0.287 e. The lowest BCUT2D eigenvalue weighted by molar-refractivity contribution is -0.0234. The van der Waals surface area contributed by atoms with Gasteiger partial charge in [-0.05, 0) is 56.9 Å². The van der Waals surface area contributed by atoms with Crippen molar-refractivity contribution in [3.8, 4) is 6.07 Å². The number of piperidine rings is 1. The molecule has 3 heterocycles. The minimum Gasteiger partial charge on any atom is -0.379 e. The molecule has 9 nitrogen and oxygen atoms in total. The fourth-order valence-corrected chi connectivity index (χ4v) is 6.44. The van der Waals surface area contributed by atoms with Crippen LogP contribution in [-0.2, 0) is 14.8 Å². The number of halogens is 2. The zero-order chi connectivity index (χ0) is 25.2. The number of benzene rings is 1. The van der Waals surface area contributed by atoms with Crippen molar-refractivity contribution in [2.24, 2.45) is 0 Å². The zero-order valence-corrected chi connectivity index (χ0v) is 20.9. The third kappa shape index (κ3) is 5.35. The molecule has 1 aromatic carbocycles. The number of hydrogen-bond acceptors (Lipinski definition) is 7. The maximum atomic E-state index is 14.8. The van der Waals surface area contributed by atoms with Crippen molar-refractivity contribution in [1.29, 1.82) is 5.26 Å². The summed E-state index contributed by atoms with van der Waals surface area (Å²) in [5.74, 6) is 0. The van der Waals surface area contributed by atoms with Gasteiger partial charge in [-0.15, -0.1) is 0 Å². The molecule has 3 atom stereocenters. The summed E-state index contributed by atoms with van der Waals surface area (Å²) < 4.78 is 48.9. The minimum atomic E-state index is -3.76. The first-order valence-corrected chi connectivity index (χ1v) is 13.3. The fraction of sp³-hybridized carbons (Fsp3) is 0.522. The monoisotopic (exact) mass is 523 g/mol. The number of alkyl halides is 1. The van der Waals surface area contributed by atoms with E-state index in [-0.39, 0.29) is 41.3 Å². The Labute approximate surface area is 208 Å². The Kier molecular flexibility index (Phi) is 7.47. The third-order valence-electron chi connectivity index (χ3n) is 6.54. The van der Waals surface area contributed by atoms with Gasteiger partial charge in [-0.2, -0.15) is 14.7 Å². The van der Waals surface area contributed by atoms with Crippen LogP contribution in [0.15, 0.2) is 40.2 Å². The van der Waals surface area contributed by atoms with Gasteiger partial charge < -0.3 is 10.1 Å². The Balaban J connectivity index is 1.45. The number of sulfonamides is 1. The third-order valence-corrected chi connectivity index (χ3v) is 8.93. The van der Waals surface area contributed by atoms with Crippen molar-refractivity contribution in [2.75, 3.05) is 31.6 Å². The Morgan fingerprint density at radius 1 is 1.37 bits per heavy atom. The van der Waals surface area contributed by atoms with Crippen LogP contribution >= 0.6 is 11.6 Å². The van der Waals surface area contributed by atoms with Crippen LogP contribution in [0.4, 0.5) is 10.1 Å². The molecule has 0 aliphatic carbocycles. The summed E-state index contributed by atoms with van der Waals surface area (Å²) in [6, 6.07) is 7.03. The van der Waals surface area contributed by atoms with Crippen molar-refractivity contribution in [1.82, 2.24) is 14.1 Å². The molecule has 1 aromatic heterocycles.